The maximum absolute atomic E-state index is 14.6. The summed E-state index contributed by atoms with van der Waals surface area (Å²) in [5.74, 6) is -2.95. The van der Waals surface area contributed by atoms with Gasteiger partial charge in [-0.1, -0.05) is 92.9 Å². The molecule has 3 atom stereocenters. The number of nitrogens with one attached hydrogen (secondary N) is 3. The van der Waals surface area contributed by atoms with Crippen LogP contribution in [-0.4, -0.2) is 73.3 Å². The predicted molar refractivity (Wildman–Crippen MR) is 221 cm³/mol. The third kappa shape index (κ3) is 12.0. The number of morpholine rings is 1. The summed E-state index contributed by atoms with van der Waals surface area (Å²) in [6, 6.07) is 23.1. The molecule has 1 saturated heterocycles. The molecule has 4 aromatic rings. The number of nitrogens with zero attached hydrogens (tertiary/aromatic N) is 1. The molecule has 0 radical (unpaired) electrons. The molecular formula is C47H56F2N4O5. The third-order valence-electron chi connectivity index (χ3n) is 11.6. The van der Waals surface area contributed by atoms with Gasteiger partial charge in [0.1, 0.15) is 17.7 Å². The molecule has 2 aliphatic rings. The number of amides is 3. The summed E-state index contributed by atoms with van der Waals surface area (Å²) < 4.78 is 33.5. The van der Waals surface area contributed by atoms with Crippen LogP contribution < -0.4 is 16.0 Å². The van der Waals surface area contributed by atoms with E-state index in [1.165, 1.54) is 24.3 Å². The fourth-order valence-corrected chi connectivity index (χ4v) is 8.29. The van der Waals surface area contributed by atoms with Crippen LogP contribution in [0.4, 0.5) is 8.78 Å². The van der Waals surface area contributed by atoms with Crippen molar-refractivity contribution >= 4 is 34.3 Å². The largest absolute Gasteiger partial charge is 0.379 e. The second-order valence-electron chi connectivity index (χ2n) is 15.8. The number of unbranched alkanes of at least 4 members (excludes halogenated alkanes) is 1. The van der Waals surface area contributed by atoms with E-state index < -0.39 is 41.6 Å². The highest BCUT2D eigenvalue weighted by Crippen LogP contribution is 2.31. The lowest BCUT2D eigenvalue weighted by Gasteiger charge is -2.29. The number of benzene rings is 4. The summed E-state index contributed by atoms with van der Waals surface area (Å²) >= 11 is 0. The molecule has 0 aromatic heterocycles. The van der Waals surface area contributed by atoms with Crippen molar-refractivity contribution in [1.29, 1.82) is 0 Å². The van der Waals surface area contributed by atoms with Gasteiger partial charge in [0.05, 0.1) is 25.3 Å². The lowest BCUT2D eigenvalue weighted by molar-refractivity contribution is -0.134. The lowest BCUT2D eigenvalue weighted by Crippen LogP contribution is -2.54. The lowest BCUT2D eigenvalue weighted by atomic mass is 9.86. The molecule has 1 aliphatic heterocycles. The molecule has 3 amide bonds. The topological polar surface area (TPSA) is 117 Å². The van der Waals surface area contributed by atoms with Crippen molar-refractivity contribution in [3.8, 4) is 0 Å². The van der Waals surface area contributed by atoms with Crippen LogP contribution in [0.3, 0.4) is 0 Å². The van der Waals surface area contributed by atoms with Crippen molar-refractivity contribution in [3.63, 3.8) is 0 Å². The highest BCUT2D eigenvalue weighted by molar-refractivity contribution is 5.95. The number of carbonyl (C=O) groups excluding carboxylic acids is 4. The molecule has 1 heterocycles. The van der Waals surface area contributed by atoms with Gasteiger partial charge in [0, 0.05) is 38.3 Å². The van der Waals surface area contributed by atoms with Crippen LogP contribution in [-0.2, 0) is 30.3 Å². The Morgan fingerprint density at radius 2 is 1.40 bits per heavy atom. The van der Waals surface area contributed by atoms with Crippen LogP contribution in [0.1, 0.15) is 87.4 Å². The van der Waals surface area contributed by atoms with Crippen LogP contribution in [0, 0.1) is 23.5 Å². The minimum absolute atomic E-state index is 0.0962. The Balaban J connectivity index is 1.22. The van der Waals surface area contributed by atoms with E-state index in [4.69, 9.17) is 4.74 Å². The van der Waals surface area contributed by atoms with Gasteiger partial charge in [0.2, 0.25) is 17.7 Å². The molecule has 1 saturated carbocycles. The van der Waals surface area contributed by atoms with Gasteiger partial charge in [-0.05, 0) is 89.9 Å². The normalized spacial score (nSPS) is 16.5. The predicted octanol–water partition coefficient (Wildman–Crippen LogP) is 7.21. The van der Waals surface area contributed by atoms with Crippen molar-refractivity contribution in [2.45, 2.75) is 89.3 Å². The van der Waals surface area contributed by atoms with E-state index >= 15 is 0 Å². The Kier molecular flexibility index (Phi) is 15.5. The summed E-state index contributed by atoms with van der Waals surface area (Å²) in [4.78, 5) is 58.3. The zero-order valence-electron chi connectivity index (χ0n) is 33.4. The molecule has 3 N–H and O–H groups in total. The number of carbonyl (C=O) groups is 4. The SMILES string of the molecule is CCC(=O)N[C@@H](Cc1ccc2ccccc2c1)C(=O)N[C@H](C(=O)C[C@@H](CCCCN1CCOCC1)C(=O)NC(c1ccc(F)cc1)c1ccc(F)cc1)C1CCCC1. The highest BCUT2D eigenvalue weighted by Gasteiger charge is 2.36. The molecule has 0 unspecified atom stereocenters. The molecule has 4 aromatic carbocycles. The fraction of sp³-hybridized carbons (Fsp3) is 0.447. The van der Waals surface area contributed by atoms with Crippen molar-refractivity contribution in [2.24, 2.45) is 11.8 Å². The van der Waals surface area contributed by atoms with E-state index in [1.807, 2.05) is 42.5 Å². The van der Waals surface area contributed by atoms with Crippen LogP contribution in [0.5, 0.6) is 0 Å². The summed E-state index contributed by atoms with van der Waals surface area (Å²) in [6.07, 6.45) is 5.69. The summed E-state index contributed by atoms with van der Waals surface area (Å²) in [7, 11) is 0. The molecular weight excluding hydrogens is 739 g/mol. The number of ether oxygens (including phenoxy) is 1. The summed E-state index contributed by atoms with van der Waals surface area (Å²) in [5.41, 5.74) is 2.10. The number of hydrogen-bond acceptors (Lipinski definition) is 6. The van der Waals surface area contributed by atoms with E-state index in [-0.39, 0.29) is 42.8 Å². The summed E-state index contributed by atoms with van der Waals surface area (Å²) in [5, 5.41) is 11.2. The Hall–Kier alpha value is -5.00. The molecule has 2 fully saturated rings. The second-order valence-corrected chi connectivity index (χ2v) is 15.8. The minimum atomic E-state index is -0.906. The van der Waals surface area contributed by atoms with Gasteiger partial charge in [0.25, 0.3) is 0 Å². The number of ketones is 1. The molecule has 11 heteroatoms. The first-order chi connectivity index (χ1) is 28.2. The average molecular weight is 795 g/mol. The van der Waals surface area contributed by atoms with Gasteiger partial charge in [-0.3, -0.25) is 24.1 Å². The summed E-state index contributed by atoms with van der Waals surface area (Å²) in [6.45, 7) is 5.65. The molecule has 1 aliphatic carbocycles. The van der Waals surface area contributed by atoms with Crippen molar-refractivity contribution in [2.75, 3.05) is 32.8 Å². The van der Waals surface area contributed by atoms with Gasteiger partial charge >= 0.3 is 0 Å². The Morgan fingerprint density at radius 1 is 0.759 bits per heavy atom. The van der Waals surface area contributed by atoms with E-state index in [2.05, 4.69) is 20.9 Å². The van der Waals surface area contributed by atoms with Crippen molar-refractivity contribution in [1.82, 2.24) is 20.9 Å². The van der Waals surface area contributed by atoms with Crippen molar-refractivity contribution < 1.29 is 32.7 Å². The zero-order valence-corrected chi connectivity index (χ0v) is 33.4. The monoisotopic (exact) mass is 794 g/mol. The number of hydrogen-bond donors (Lipinski definition) is 3. The molecule has 0 spiro atoms. The first-order valence-corrected chi connectivity index (χ1v) is 20.9. The standard InChI is InChI=1S/C47H56F2N4O5/c1-2-43(55)50-41(30-32-14-15-33-9-3-6-12-37(33)29-32)47(57)52-45(34-10-4-5-11-34)42(54)31-38(13-7-8-24-53-25-27-58-28-26-53)46(56)51-44(35-16-20-39(48)21-17-35)36-18-22-40(49)23-19-36/h3,6,9,12,14-23,29,34,38,41,44-45H,2,4-5,7-8,10-11,13,24-28,30-31H2,1H3,(H,50,55)(H,51,56)(H,52,57)/t38-,41+,45+/m1/s1. The Labute approximate surface area is 340 Å². The number of fused-ring (bicyclic) bond motifs is 1. The van der Waals surface area contributed by atoms with Gasteiger partial charge in [0.15, 0.2) is 5.78 Å². The van der Waals surface area contributed by atoms with Crippen LogP contribution in [0.2, 0.25) is 0 Å². The van der Waals surface area contributed by atoms with Gasteiger partial charge in [-0.15, -0.1) is 0 Å². The molecule has 6 rings (SSSR count). The average Bonchev–Trinajstić information content (AvgIpc) is 3.78. The third-order valence-corrected chi connectivity index (χ3v) is 11.6. The molecule has 9 nitrogen and oxygen atoms in total. The van der Waals surface area contributed by atoms with E-state index in [1.54, 1.807) is 31.2 Å². The molecule has 58 heavy (non-hydrogen) atoms. The maximum atomic E-state index is 14.6. The maximum Gasteiger partial charge on any atom is 0.243 e. The fourth-order valence-electron chi connectivity index (χ4n) is 8.29. The first kappa shape index (κ1) is 42.6. The molecule has 308 valence electrons. The van der Waals surface area contributed by atoms with Gasteiger partial charge in [-0.25, -0.2) is 8.78 Å². The van der Waals surface area contributed by atoms with Crippen LogP contribution >= 0.6 is 0 Å². The van der Waals surface area contributed by atoms with Crippen LogP contribution in [0.25, 0.3) is 10.8 Å². The Morgan fingerprint density at radius 3 is 2.03 bits per heavy atom. The van der Waals surface area contributed by atoms with Crippen molar-refractivity contribution in [3.05, 3.63) is 119 Å². The second kappa shape index (κ2) is 21.1. The minimum Gasteiger partial charge on any atom is -0.379 e. The zero-order chi connectivity index (χ0) is 40.9. The van der Waals surface area contributed by atoms with E-state index in [0.29, 0.717) is 37.2 Å². The Bertz CT molecular complexity index is 1930. The highest BCUT2D eigenvalue weighted by atomic mass is 19.1. The van der Waals surface area contributed by atoms with Gasteiger partial charge in [-0.2, -0.15) is 0 Å². The quantitative estimate of drug-likeness (QED) is 0.0865. The van der Waals surface area contributed by atoms with E-state index in [9.17, 15) is 28.0 Å². The van der Waals surface area contributed by atoms with Crippen LogP contribution in [0.15, 0.2) is 91.0 Å². The smallest absolute Gasteiger partial charge is 0.243 e. The first-order valence-electron chi connectivity index (χ1n) is 20.9. The van der Waals surface area contributed by atoms with Gasteiger partial charge < -0.3 is 20.7 Å². The number of Topliss-reactive ketones (excluding diaryl/α,β-unsaturated/α-hetero) is 1. The number of rotatable bonds is 19. The van der Waals surface area contributed by atoms with E-state index in [0.717, 1.165) is 68.1 Å². The number of halogens is 2. The molecule has 0 bridgehead atoms.